The maximum absolute atomic E-state index is 12.1. The molecule has 176 valence electrons. The predicted octanol–water partition coefficient (Wildman–Crippen LogP) is 5.14. The fourth-order valence-corrected chi connectivity index (χ4v) is 5.45. The number of rotatable bonds is 5. The summed E-state index contributed by atoms with van der Waals surface area (Å²) in [7, 11) is 3.43. The van der Waals surface area contributed by atoms with E-state index >= 15 is 0 Å². The number of hydrogen-bond acceptors (Lipinski definition) is 4. The van der Waals surface area contributed by atoms with Gasteiger partial charge in [-0.05, 0) is 41.2 Å². The van der Waals surface area contributed by atoms with E-state index in [2.05, 4.69) is 76.5 Å². The van der Waals surface area contributed by atoms with Gasteiger partial charge in [0.25, 0.3) is 0 Å². The molecule has 1 aliphatic carbocycles. The third kappa shape index (κ3) is 4.59. The molecule has 1 atom stereocenters. The highest BCUT2D eigenvalue weighted by molar-refractivity contribution is 5.71. The third-order valence-corrected chi connectivity index (χ3v) is 7.14. The first kappa shape index (κ1) is 22.6. The van der Waals surface area contributed by atoms with Crippen LogP contribution in [0.2, 0.25) is 0 Å². The standard InChI is InChI=1S/C29H33N3O2/c1-30(2)29(33)34-27-15-9-14-24-25(27)16-17-26(24)31-18-20-32(21-19-31)28(22-10-5-3-6-11-22)23-12-7-4-8-13-23/h3-15,26,28H,16-21H2,1-2H3. The molecule has 1 unspecified atom stereocenters. The van der Waals surface area contributed by atoms with Crippen molar-refractivity contribution in [1.29, 1.82) is 0 Å². The lowest BCUT2D eigenvalue weighted by atomic mass is 9.96. The second-order valence-corrected chi connectivity index (χ2v) is 9.44. The van der Waals surface area contributed by atoms with Gasteiger partial charge in [0.05, 0.1) is 6.04 Å². The summed E-state index contributed by atoms with van der Waals surface area (Å²) >= 11 is 0. The van der Waals surface area contributed by atoms with Gasteiger partial charge in [0.15, 0.2) is 0 Å². The molecule has 2 aliphatic rings. The number of amides is 1. The fourth-order valence-electron chi connectivity index (χ4n) is 5.45. The lowest BCUT2D eigenvalue weighted by Crippen LogP contribution is -2.48. The van der Waals surface area contributed by atoms with E-state index in [9.17, 15) is 4.79 Å². The largest absolute Gasteiger partial charge is 0.414 e. The first-order chi connectivity index (χ1) is 16.6. The molecule has 3 aromatic carbocycles. The molecule has 5 nitrogen and oxygen atoms in total. The minimum atomic E-state index is -0.321. The Hall–Kier alpha value is -3.15. The van der Waals surface area contributed by atoms with Crippen LogP contribution >= 0.6 is 0 Å². The van der Waals surface area contributed by atoms with E-state index < -0.39 is 0 Å². The third-order valence-electron chi connectivity index (χ3n) is 7.14. The zero-order valence-electron chi connectivity index (χ0n) is 20.1. The molecule has 0 aromatic heterocycles. The molecule has 1 saturated heterocycles. The Labute approximate surface area is 202 Å². The van der Waals surface area contributed by atoms with Gasteiger partial charge in [0.2, 0.25) is 0 Å². The minimum Gasteiger partial charge on any atom is -0.410 e. The van der Waals surface area contributed by atoms with Crippen LogP contribution in [0.15, 0.2) is 78.9 Å². The van der Waals surface area contributed by atoms with Crippen molar-refractivity contribution >= 4 is 6.09 Å². The SMILES string of the molecule is CN(C)C(=O)Oc1cccc2c1CCC2N1CCN(C(c2ccccc2)c2ccccc2)CC1. The predicted molar refractivity (Wildman–Crippen MR) is 135 cm³/mol. The van der Waals surface area contributed by atoms with Crippen molar-refractivity contribution in [2.24, 2.45) is 0 Å². The Morgan fingerprint density at radius 1 is 0.853 bits per heavy atom. The molecule has 0 radical (unpaired) electrons. The smallest absolute Gasteiger partial charge is 0.410 e. The lowest BCUT2D eigenvalue weighted by molar-refractivity contribution is 0.0786. The van der Waals surface area contributed by atoms with E-state index in [1.54, 1.807) is 14.1 Å². The summed E-state index contributed by atoms with van der Waals surface area (Å²) in [6.45, 7) is 4.11. The summed E-state index contributed by atoms with van der Waals surface area (Å²) in [4.78, 5) is 18.8. The van der Waals surface area contributed by atoms with Crippen LogP contribution in [0.3, 0.4) is 0 Å². The Balaban J connectivity index is 1.31. The molecule has 34 heavy (non-hydrogen) atoms. The van der Waals surface area contributed by atoms with Crippen LogP contribution in [0.4, 0.5) is 4.79 Å². The van der Waals surface area contributed by atoms with Crippen molar-refractivity contribution in [3.8, 4) is 5.75 Å². The summed E-state index contributed by atoms with van der Waals surface area (Å²) in [6.07, 6.45) is 1.71. The van der Waals surface area contributed by atoms with Crippen molar-refractivity contribution in [3.05, 3.63) is 101 Å². The molecule has 1 aliphatic heterocycles. The van der Waals surface area contributed by atoms with Gasteiger partial charge in [-0.2, -0.15) is 0 Å². The van der Waals surface area contributed by atoms with Crippen LogP contribution in [0.5, 0.6) is 5.75 Å². The van der Waals surface area contributed by atoms with Gasteiger partial charge in [-0.3, -0.25) is 9.80 Å². The molecule has 0 spiro atoms. The number of piperazine rings is 1. The molecular formula is C29H33N3O2. The van der Waals surface area contributed by atoms with Gasteiger partial charge in [0, 0.05) is 46.3 Å². The number of fused-ring (bicyclic) bond motifs is 1. The zero-order chi connectivity index (χ0) is 23.5. The van der Waals surface area contributed by atoms with Crippen LogP contribution in [0.25, 0.3) is 0 Å². The summed E-state index contributed by atoms with van der Waals surface area (Å²) in [5.74, 6) is 0.713. The molecule has 1 amide bonds. The Kier molecular flexibility index (Phi) is 6.66. The number of carbonyl (C=O) groups excluding carboxylic acids is 1. The van der Waals surface area contributed by atoms with E-state index in [0.717, 1.165) is 39.0 Å². The van der Waals surface area contributed by atoms with Gasteiger partial charge in [-0.1, -0.05) is 72.8 Å². The summed E-state index contributed by atoms with van der Waals surface area (Å²) in [6, 6.07) is 28.5. The number of benzene rings is 3. The summed E-state index contributed by atoms with van der Waals surface area (Å²) < 4.78 is 5.66. The number of hydrogen-bond donors (Lipinski definition) is 0. The van der Waals surface area contributed by atoms with Crippen molar-refractivity contribution < 1.29 is 9.53 Å². The molecule has 5 heteroatoms. The molecule has 1 fully saturated rings. The monoisotopic (exact) mass is 455 g/mol. The molecule has 1 heterocycles. The van der Waals surface area contributed by atoms with Gasteiger partial charge in [-0.15, -0.1) is 0 Å². The maximum Gasteiger partial charge on any atom is 0.414 e. The molecule has 0 saturated carbocycles. The summed E-state index contributed by atoms with van der Waals surface area (Å²) in [5, 5.41) is 0. The van der Waals surface area contributed by atoms with Crippen molar-refractivity contribution in [2.75, 3.05) is 40.3 Å². The quantitative estimate of drug-likeness (QED) is 0.534. The Morgan fingerprint density at radius 2 is 1.47 bits per heavy atom. The second kappa shape index (κ2) is 10.00. The second-order valence-electron chi connectivity index (χ2n) is 9.44. The molecular weight excluding hydrogens is 422 g/mol. The molecule has 5 rings (SSSR count). The highest BCUT2D eigenvalue weighted by Gasteiger charge is 2.34. The van der Waals surface area contributed by atoms with E-state index in [1.807, 2.05) is 12.1 Å². The highest BCUT2D eigenvalue weighted by Crippen LogP contribution is 2.41. The fraction of sp³-hybridized carbons (Fsp3) is 0.345. The van der Waals surface area contributed by atoms with Crippen LogP contribution in [-0.4, -0.2) is 61.1 Å². The number of nitrogens with zero attached hydrogens (tertiary/aromatic N) is 3. The normalized spacial score (nSPS) is 18.6. The van der Waals surface area contributed by atoms with Crippen molar-refractivity contribution in [2.45, 2.75) is 24.9 Å². The minimum absolute atomic E-state index is 0.275. The summed E-state index contributed by atoms with van der Waals surface area (Å²) in [5.41, 5.74) is 5.21. The topological polar surface area (TPSA) is 36.0 Å². The van der Waals surface area contributed by atoms with E-state index in [-0.39, 0.29) is 12.1 Å². The Morgan fingerprint density at radius 3 is 2.06 bits per heavy atom. The van der Waals surface area contributed by atoms with Gasteiger partial charge in [0.1, 0.15) is 5.75 Å². The van der Waals surface area contributed by atoms with Gasteiger partial charge in [-0.25, -0.2) is 4.79 Å². The van der Waals surface area contributed by atoms with Gasteiger partial charge < -0.3 is 9.64 Å². The van der Waals surface area contributed by atoms with Crippen LogP contribution in [0.1, 0.15) is 40.8 Å². The highest BCUT2D eigenvalue weighted by atomic mass is 16.6. The number of ether oxygens (including phenoxy) is 1. The van der Waals surface area contributed by atoms with Crippen LogP contribution in [-0.2, 0) is 6.42 Å². The average Bonchev–Trinajstić information content (AvgIpc) is 3.31. The van der Waals surface area contributed by atoms with E-state index in [0.29, 0.717) is 11.8 Å². The zero-order valence-corrected chi connectivity index (χ0v) is 20.1. The van der Waals surface area contributed by atoms with Gasteiger partial charge >= 0.3 is 6.09 Å². The van der Waals surface area contributed by atoms with Crippen LogP contribution in [0, 0.1) is 0 Å². The Bertz CT molecular complexity index is 1070. The first-order valence-electron chi connectivity index (χ1n) is 12.2. The lowest BCUT2D eigenvalue weighted by Gasteiger charge is -2.42. The van der Waals surface area contributed by atoms with E-state index in [4.69, 9.17) is 4.74 Å². The van der Waals surface area contributed by atoms with Crippen molar-refractivity contribution in [1.82, 2.24) is 14.7 Å². The molecule has 0 N–H and O–H groups in total. The van der Waals surface area contributed by atoms with Crippen molar-refractivity contribution in [3.63, 3.8) is 0 Å². The first-order valence-corrected chi connectivity index (χ1v) is 12.2. The molecule has 0 bridgehead atoms. The van der Waals surface area contributed by atoms with Crippen LogP contribution < -0.4 is 4.74 Å². The number of carbonyl (C=O) groups is 1. The maximum atomic E-state index is 12.1. The average molecular weight is 456 g/mol. The van der Waals surface area contributed by atoms with E-state index in [1.165, 1.54) is 27.2 Å². The molecule has 3 aromatic rings.